The third kappa shape index (κ3) is 3.57. The van der Waals surface area contributed by atoms with Gasteiger partial charge in [0.25, 0.3) is 0 Å². The predicted molar refractivity (Wildman–Crippen MR) is 85.3 cm³/mol. The minimum absolute atomic E-state index is 0.0567. The molecule has 6 nitrogen and oxygen atoms in total. The average Bonchev–Trinajstić information content (AvgIpc) is 2.62. The van der Waals surface area contributed by atoms with Crippen LogP contribution in [0.4, 0.5) is 0 Å². The van der Waals surface area contributed by atoms with E-state index in [9.17, 15) is 13.2 Å². The van der Waals surface area contributed by atoms with Crippen LogP contribution in [0.15, 0.2) is 35.2 Å². The summed E-state index contributed by atoms with van der Waals surface area (Å²) in [6.45, 7) is 3.06. The summed E-state index contributed by atoms with van der Waals surface area (Å²) in [5, 5.41) is 0. The highest BCUT2D eigenvalue weighted by molar-refractivity contribution is 7.89. The van der Waals surface area contributed by atoms with Gasteiger partial charge < -0.3 is 9.64 Å². The molecule has 1 atom stereocenters. The average molecular weight is 338 g/mol. The fourth-order valence-corrected chi connectivity index (χ4v) is 4.69. The maximum absolute atomic E-state index is 12.7. The lowest BCUT2D eigenvalue weighted by Gasteiger charge is -2.35. The molecule has 126 valence electrons. The Morgan fingerprint density at radius 1 is 1.09 bits per heavy atom. The number of morpholine rings is 1. The van der Waals surface area contributed by atoms with Crippen molar-refractivity contribution in [1.29, 1.82) is 0 Å². The molecule has 7 heteroatoms. The SMILES string of the molecule is O=C(C1CCCN(S(=O)(=O)c2ccccc2)C1)N1CCOCC1. The minimum Gasteiger partial charge on any atom is -0.378 e. The highest BCUT2D eigenvalue weighted by Crippen LogP contribution is 2.25. The van der Waals surface area contributed by atoms with Gasteiger partial charge in [0.1, 0.15) is 0 Å². The van der Waals surface area contributed by atoms with E-state index in [1.807, 2.05) is 0 Å². The number of hydrogen-bond donors (Lipinski definition) is 0. The lowest BCUT2D eigenvalue weighted by molar-refractivity contribution is -0.140. The number of sulfonamides is 1. The van der Waals surface area contributed by atoms with Crippen LogP contribution in [0.3, 0.4) is 0 Å². The molecular formula is C16H22N2O4S. The van der Waals surface area contributed by atoms with Gasteiger partial charge >= 0.3 is 0 Å². The molecule has 2 aliphatic rings. The zero-order valence-corrected chi connectivity index (χ0v) is 13.9. The van der Waals surface area contributed by atoms with E-state index in [4.69, 9.17) is 4.74 Å². The van der Waals surface area contributed by atoms with Gasteiger partial charge in [0.05, 0.1) is 24.0 Å². The van der Waals surface area contributed by atoms with E-state index in [0.717, 1.165) is 6.42 Å². The number of rotatable bonds is 3. The minimum atomic E-state index is -3.52. The molecule has 0 saturated carbocycles. The van der Waals surface area contributed by atoms with Gasteiger partial charge in [-0.15, -0.1) is 0 Å². The second kappa shape index (κ2) is 6.98. The molecule has 0 N–H and O–H groups in total. The maximum Gasteiger partial charge on any atom is 0.243 e. The largest absolute Gasteiger partial charge is 0.378 e. The Hall–Kier alpha value is -1.44. The summed E-state index contributed by atoms with van der Waals surface area (Å²) in [6.07, 6.45) is 1.46. The molecule has 1 aromatic carbocycles. The first-order chi connectivity index (χ1) is 11.1. The summed E-state index contributed by atoms with van der Waals surface area (Å²) in [4.78, 5) is 14.7. The molecule has 0 bridgehead atoms. The highest BCUT2D eigenvalue weighted by atomic mass is 32.2. The van der Waals surface area contributed by atoms with E-state index in [2.05, 4.69) is 0 Å². The Morgan fingerprint density at radius 3 is 2.48 bits per heavy atom. The molecule has 0 aliphatic carbocycles. The number of hydrogen-bond acceptors (Lipinski definition) is 4. The van der Waals surface area contributed by atoms with Crippen LogP contribution in [-0.4, -0.2) is 62.9 Å². The maximum atomic E-state index is 12.7. The van der Waals surface area contributed by atoms with Gasteiger partial charge in [-0.1, -0.05) is 18.2 Å². The van der Waals surface area contributed by atoms with Gasteiger partial charge in [-0.25, -0.2) is 8.42 Å². The Balaban J connectivity index is 1.72. The van der Waals surface area contributed by atoms with E-state index >= 15 is 0 Å². The molecule has 23 heavy (non-hydrogen) atoms. The summed E-state index contributed by atoms with van der Waals surface area (Å²) >= 11 is 0. The van der Waals surface area contributed by atoms with Crippen LogP contribution in [0.5, 0.6) is 0 Å². The summed E-state index contributed by atoms with van der Waals surface area (Å²) in [5.74, 6) is -0.193. The van der Waals surface area contributed by atoms with Crippen molar-refractivity contribution in [2.75, 3.05) is 39.4 Å². The third-order valence-electron chi connectivity index (χ3n) is 4.44. The van der Waals surface area contributed by atoms with Crippen molar-refractivity contribution >= 4 is 15.9 Å². The molecule has 0 aromatic heterocycles. The first kappa shape index (κ1) is 16.4. The first-order valence-electron chi connectivity index (χ1n) is 8.01. The van der Waals surface area contributed by atoms with Crippen LogP contribution in [-0.2, 0) is 19.6 Å². The summed E-state index contributed by atoms with van der Waals surface area (Å²) < 4.78 is 32.1. The molecule has 1 unspecified atom stereocenters. The summed E-state index contributed by atoms with van der Waals surface area (Å²) in [6, 6.07) is 8.42. The van der Waals surface area contributed by atoms with Crippen LogP contribution in [0.1, 0.15) is 12.8 Å². The van der Waals surface area contributed by atoms with Crippen LogP contribution in [0.25, 0.3) is 0 Å². The second-order valence-corrected chi connectivity index (χ2v) is 7.89. The van der Waals surface area contributed by atoms with Crippen LogP contribution in [0.2, 0.25) is 0 Å². The van der Waals surface area contributed by atoms with Crippen LogP contribution < -0.4 is 0 Å². The summed E-state index contributed by atoms with van der Waals surface area (Å²) in [7, 11) is -3.52. The van der Waals surface area contributed by atoms with E-state index in [0.29, 0.717) is 44.2 Å². The van der Waals surface area contributed by atoms with Crippen molar-refractivity contribution in [3.05, 3.63) is 30.3 Å². The highest BCUT2D eigenvalue weighted by Gasteiger charge is 2.35. The third-order valence-corrected chi connectivity index (χ3v) is 6.32. The van der Waals surface area contributed by atoms with Gasteiger partial charge in [0.15, 0.2) is 0 Å². The van der Waals surface area contributed by atoms with Gasteiger partial charge in [0.2, 0.25) is 15.9 Å². The van der Waals surface area contributed by atoms with Crippen LogP contribution >= 0.6 is 0 Å². The van der Waals surface area contributed by atoms with Crippen molar-refractivity contribution in [1.82, 2.24) is 9.21 Å². The molecule has 2 saturated heterocycles. The van der Waals surface area contributed by atoms with Gasteiger partial charge in [-0.05, 0) is 25.0 Å². The van der Waals surface area contributed by atoms with Gasteiger partial charge in [-0.3, -0.25) is 4.79 Å². The van der Waals surface area contributed by atoms with Gasteiger partial charge in [-0.2, -0.15) is 4.31 Å². The number of carbonyl (C=O) groups excluding carboxylic acids is 1. The van der Waals surface area contributed by atoms with E-state index < -0.39 is 10.0 Å². The molecule has 2 heterocycles. The fourth-order valence-electron chi connectivity index (χ4n) is 3.15. The van der Waals surface area contributed by atoms with Crippen molar-refractivity contribution in [3.8, 4) is 0 Å². The fraction of sp³-hybridized carbons (Fsp3) is 0.562. The molecule has 1 amide bonds. The zero-order valence-electron chi connectivity index (χ0n) is 13.1. The quantitative estimate of drug-likeness (QED) is 0.823. The summed E-state index contributed by atoms with van der Waals surface area (Å²) in [5.41, 5.74) is 0. The first-order valence-corrected chi connectivity index (χ1v) is 9.45. The molecular weight excluding hydrogens is 316 g/mol. The molecule has 2 aliphatic heterocycles. The lowest BCUT2D eigenvalue weighted by atomic mass is 9.98. The monoisotopic (exact) mass is 338 g/mol. The number of amides is 1. The van der Waals surface area contributed by atoms with Crippen molar-refractivity contribution in [2.24, 2.45) is 5.92 Å². The van der Waals surface area contributed by atoms with Crippen molar-refractivity contribution < 1.29 is 17.9 Å². The number of benzene rings is 1. The predicted octanol–water partition coefficient (Wildman–Crippen LogP) is 0.946. The smallest absolute Gasteiger partial charge is 0.243 e. The topological polar surface area (TPSA) is 66.9 Å². The van der Waals surface area contributed by atoms with Gasteiger partial charge in [0, 0.05) is 26.2 Å². The molecule has 0 spiro atoms. The Bertz CT molecular complexity index is 641. The van der Waals surface area contributed by atoms with Crippen molar-refractivity contribution in [3.63, 3.8) is 0 Å². The lowest BCUT2D eigenvalue weighted by Crippen LogP contribution is -2.49. The Kier molecular flexibility index (Phi) is 4.99. The van der Waals surface area contributed by atoms with E-state index in [-0.39, 0.29) is 18.4 Å². The molecule has 0 radical (unpaired) electrons. The second-order valence-electron chi connectivity index (χ2n) is 5.95. The van der Waals surface area contributed by atoms with Crippen LogP contribution in [0, 0.1) is 5.92 Å². The number of nitrogens with zero attached hydrogens (tertiary/aromatic N) is 2. The van der Waals surface area contributed by atoms with Crippen molar-refractivity contribution in [2.45, 2.75) is 17.7 Å². The molecule has 3 rings (SSSR count). The zero-order chi connectivity index (χ0) is 16.3. The number of ether oxygens (including phenoxy) is 1. The molecule has 1 aromatic rings. The van der Waals surface area contributed by atoms with E-state index in [1.54, 1.807) is 35.2 Å². The van der Waals surface area contributed by atoms with E-state index in [1.165, 1.54) is 4.31 Å². The number of piperidine rings is 1. The number of carbonyl (C=O) groups is 1. The molecule has 2 fully saturated rings. The normalized spacial score (nSPS) is 23.7. The Morgan fingerprint density at radius 2 is 1.78 bits per heavy atom. The standard InChI is InChI=1S/C16H22N2O4S/c19-16(17-9-11-22-12-10-17)14-5-4-8-18(13-14)23(20,21)15-6-2-1-3-7-15/h1-3,6-7,14H,4-5,8-13H2. The Labute approximate surface area is 137 Å².